The summed E-state index contributed by atoms with van der Waals surface area (Å²) in [6, 6.07) is 3.91. The van der Waals surface area contributed by atoms with Crippen molar-refractivity contribution < 1.29 is 9.13 Å². The van der Waals surface area contributed by atoms with E-state index in [1.54, 1.807) is 13.0 Å². The van der Waals surface area contributed by atoms with Gasteiger partial charge < -0.3 is 15.0 Å². The van der Waals surface area contributed by atoms with Crippen molar-refractivity contribution in [1.29, 1.82) is 0 Å². The fourth-order valence-electron chi connectivity index (χ4n) is 2.73. The summed E-state index contributed by atoms with van der Waals surface area (Å²) in [7, 11) is 2.07. The fourth-order valence-corrected chi connectivity index (χ4v) is 2.73. The van der Waals surface area contributed by atoms with Gasteiger partial charge in [-0.15, -0.1) is 0 Å². The molecular weight excluding hydrogens is 219 g/mol. The van der Waals surface area contributed by atoms with E-state index in [2.05, 4.69) is 17.3 Å². The molecule has 2 aliphatic heterocycles. The number of fused-ring (bicyclic) bond motifs is 2. The van der Waals surface area contributed by atoms with Crippen LogP contribution in [-0.2, 0) is 4.74 Å². The number of hydrogen-bond donors (Lipinski definition) is 1. The predicted molar refractivity (Wildman–Crippen MR) is 66.1 cm³/mol. The van der Waals surface area contributed by atoms with Gasteiger partial charge >= 0.3 is 0 Å². The zero-order chi connectivity index (χ0) is 12.0. The lowest BCUT2D eigenvalue weighted by Gasteiger charge is -2.27. The number of hydrogen-bond acceptors (Lipinski definition) is 3. The van der Waals surface area contributed by atoms with E-state index in [0.717, 1.165) is 31.1 Å². The van der Waals surface area contributed by atoms with E-state index in [1.165, 1.54) is 0 Å². The molecule has 1 aromatic rings. The average Bonchev–Trinajstić information content (AvgIpc) is 2.73. The summed E-state index contributed by atoms with van der Waals surface area (Å²) < 4.78 is 19.1. The molecule has 1 saturated heterocycles. The third-order valence-corrected chi connectivity index (χ3v) is 3.87. The van der Waals surface area contributed by atoms with E-state index in [0.29, 0.717) is 17.5 Å². The van der Waals surface area contributed by atoms with Crippen molar-refractivity contribution in [2.24, 2.45) is 5.92 Å². The molecule has 17 heavy (non-hydrogen) atoms. The highest BCUT2D eigenvalue weighted by Gasteiger charge is 2.34. The normalized spacial score (nSPS) is 27.1. The van der Waals surface area contributed by atoms with Crippen molar-refractivity contribution in [2.45, 2.75) is 13.0 Å². The molecule has 3 nitrogen and oxygen atoms in total. The maximum atomic E-state index is 13.6. The molecule has 0 saturated carbocycles. The minimum atomic E-state index is -0.145. The molecule has 0 amide bonds. The minimum Gasteiger partial charge on any atom is -0.383 e. The molecule has 1 N–H and O–H groups in total. The van der Waals surface area contributed by atoms with E-state index in [-0.39, 0.29) is 5.82 Å². The summed E-state index contributed by atoms with van der Waals surface area (Å²) >= 11 is 0. The highest BCUT2D eigenvalue weighted by Crippen LogP contribution is 2.35. The Bertz CT molecular complexity index is 449. The lowest BCUT2D eigenvalue weighted by atomic mass is 10.0. The highest BCUT2D eigenvalue weighted by molar-refractivity contribution is 5.72. The van der Waals surface area contributed by atoms with Crippen LogP contribution in [0.1, 0.15) is 5.56 Å². The molecule has 0 bridgehead atoms. The summed E-state index contributed by atoms with van der Waals surface area (Å²) in [6.45, 7) is 4.21. The molecule has 3 rings (SSSR count). The number of ether oxygens (including phenoxy) is 1. The fraction of sp³-hybridized carbons (Fsp3) is 0.538. The van der Waals surface area contributed by atoms with E-state index in [1.807, 2.05) is 6.07 Å². The summed E-state index contributed by atoms with van der Waals surface area (Å²) in [4.78, 5) is 2.22. The number of nitrogens with zero attached hydrogens (tertiary/aromatic N) is 1. The minimum absolute atomic E-state index is 0.145. The monoisotopic (exact) mass is 236 g/mol. The zero-order valence-electron chi connectivity index (χ0n) is 10.2. The van der Waals surface area contributed by atoms with E-state index in [9.17, 15) is 4.39 Å². The molecule has 0 radical (unpaired) electrons. The average molecular weight is 236 g/mol. The number of halogens is 1. The van der Waals surface area contributed by atoms with Crippen molar-refractivity contribution in [3.63, 3.8) is 0 Å². The third-order valence-electron chi connectivity index (χ3n) is 3.87. The number of likely N-dealkylation sites (N-methyl/N-ethyl adjacent to an activating group) is 1. The lowest BCUT2D eigenvalue weighted by Crippen LogP contribution is -2.37. The van der Waals surface area contributed by atoms with Crippen molar-refractivity contribution in [1.82, 2.24) is 0 Å². The highest BCUT2D eigenvalue weighted by atomic mass is 19.1. The molecule has 2 unspecified atom stereocenters. The van der Waals surface area contributed by atoms with Crippen molar-refractivity contribution in [3.8, 4) is 0 Å². The molecule has 4 heteroatoms. The number of rotatable bonds is 0. The van der Waals surface area contributed by atoms with Gasteiger partial charge in [-0.1, -0.05) is 0 Å². The van der Waals surface area contributed by atoms with Gasteiger partial charge in [-0.25, -0.2) is 4.39 Å². The van der Waals surface area contributed by atoms with Crippen LogP contribution in [0.15, 0.2) is 12.1 Å². The first-order valence-corrected chi connectivity index (χ1v) is 6.01. The second kappa shape index (κ2) is 3.88. The maximum Gasteiger partial charge on any atom is 0.128 e. The Labute approximate surface area is 101 Å². The summed E-state index contributed by atoms with van der Waals surface area (Å²) in [5, 5.41) is 3.33. The predicted octanol–water partition coefficient (Wildman–Crippen LogP) is 2.01. The van der Waals surface area contributed by atoms with E-state index < -0.39 is 0 Å². The van der Waals surface area contributed by atoms with Gasteiger partial charge in [-0.3, -0.25) is 0 Å². The van der Waals surface area contributed by atoms with Gasteiger partial charge in [-0.05, 0) is 24.6 Å². The Hall–Kier alpha value is -1.29. The zero-order valence-corrected chi connectivity index (χ0v) is 10.2. The molecule has 2 heterocycles. The van der Waals surface area contributed by atoms with Gasteiger partial charge in [0.1, 0.15) is 5.82 Å². The first kappa shape index (κ1) is 10.8. The lowest BCUT2D eigenvalue weighted by molar-refractivity contribution is 0.185. The van der Waals surface area contributed by atoms with Gasteiger partial charge in [0.2, 0.25) is 0 Å². The summed E-state index contributed by atoms with van der Waals surface area (Å²) in [5.41, 5.74) is 2.65. The SMILES string of the molecule is Cc1cc2c(cc1F)NCC1COCC1N2C. The van der Waals surface area contributed by atoms with Crippen molar-refractivity contribution in [2.75, 3.05) is 37.0 Å². The molecule has 92 valence electrons. The Morgan fingerprint density at radius 1 is 1.41 bits per heavy atom. The van der Waals surface area contributed by atoms with Crippen LogP contribution in [0.3, 0.4) is 0 Å². The molecule has 1 fully saturated rings. The molecule has 0 spiro atoms. The Morgan fingerprint density at radius 2 is 2.24 bits per heavy atom. The Balaban J connectivity index is 2.05. The first-order valence-electron chi connectivity index (χ1n) is 6.01. The summed E-state index contributed by atoms with van der Waals surface area (Å²) in [5.74, 6) is 0.337. The largest absolute Gasteiger partial charge is 0.383 e. The number of benzene rings is 1. The van der Waals surface area contributed by atoms with Crippen LogP contribution in [0.2, 0.25) is 0 Å². The van der Waals surface area contributed by atoms with Crippen LogP contribution in [0.5, 0.6) is 0 Å². The van der Waals surface area contributed by atoms with E-state index >= 15 is 0 Å². The van der Waals surface area contributed by atoms with Gasteiger partial charge in [0.15, 0.2) is 0 Å². The van der Waals surface area contributed by atoms with Gasteiger partial charge in [-0.2, -0.15) is 0 Å². The Kier molecular flexibility index (Phi) is 2.47. The third kappa shape index (κ3) is 1.67. The second-order valence-electron chi connectivity index (χ2n) is 4.98. The number of nitrogens with one attached hydrogen (secondary N) is 1. The Morgan fingerprint density at radius 3 is 3.06 bits per heavy atom. The maximum absolute atomic E-state index is 13.6. The molecule has 0 aliphatic carbocycles. The van der Waals surface area contributed by atoms with Crippen LogP contribution >= 0.6 is 0 Å². The molecule has 1 aromatic carbocycles. The summed E-state index contributed by atoms with van der Waals surface area (Å²) in [6.07, 6.45) is 0. The van der Waals surface area contributed by atoms with Crippen LogP contribution < -0.4 is 10.2 Å². The standard InChI is InChI=1S/C13H17FN2O/c1-8-3-12-11(4-10(8)14)15-5-9-6-17-7-13(9)16(12)2/h3-4,9,13,15H,5-7H2,1-2H3. The van der Waals surface area contributed by atoms with E-state index in [4.69, 9.17) is 4.74 Å². The number of anilines is 2. The van der Waals surface area contributed by atoms with Crippen LogP contribution in [0, 0.1) is 18.7 Å². The molecule has 2 aliphatic rings. The van der Waals surface area contributed by atoms with Crippen LogP contribution in [-0.4, -0.2) is 32.8 Å². The quantitative estimate of drug-likeness (QED) is 0.745. The van der Waals surface area contributed by atoms with Crippen molar-refractivity contribution in [3.05, 3.63) is 23.5 Å². The molecular formula is C13H17FN2O. The van der Waals surface area contributed by atoms with Gasteiger partial charge in [0, 0.05) is 19.5 Å². The molecule has 2 atom stereocenters. The van der Waals surface area contributed by atoms with Crippen molar-refractivity contribution >= 4 is 11.4 Å². The first-order chi connectivity index (χ1) is 8.16. The topological polar surface area (TPSA) is 24.5 Å². The molecule has 0 aromatic heterocycles. The van der Waals surface area contributed by atoms with Gasteiger partial charge in [0.05, 0.1) is 30.6 Å². The van der Waals surface area contributed by atoms with Crippen LogP contribution in [0.4, 0.5) is 15.8 Å². The second-order valence-corrected chi connectivity index (χ2v) is 4.98. The number of aryl methyl sites for hydroxylation is 1. The van der Waals surface area contributed by atoms with Gasteiger partial charge in [0.25, 0.3) is 0 Å². The van der Waals surface area contributed by atoms with Crippen LogP contribution in [0.25, 0.3) is 0 Å². The smallest absolute Gasteiger partial charge is 0.128 e.